The predicted octanol–water partition coefficient (Wildman–Crippen LogP) is 7.65. The molecule has 9 nitrogen and oxygen atoms in total. The molecule has 3 atom stereocenters. The van der Waals surface area contributed by atoms with Crippen LogP contribution >= 0.6 is 0 Å². The number of anilines is 3. The second-order valence-electron chi connectivity index (χ2n) is 13.3. The summed E-state index contributed by atoms with van der Waals surface area (Å²) in [5.41, 5.74) is 10.6. The van der Waals surface area contributed by atoms with Crippen molar-refractivity contribution in [3.8, 4) is 0 Å². The van der Waals surface area contributed by atoms with E-state index < -0.39 is 6.29 Å². The zero-order valence-corrected chi connectivity index (χ0v) is 28.5. The summed E-state index contributed by atoms with van der Waals surface area (Å²) < 4.78 is 13.2. The number of para-hydroxylation sites is 2. The molecule has 0 spiro atoms. The summed E-state index contributed by atoms with van der Waals surface area (Å²) in [5.74, 6) is -0.0992. The molecular formula is C40H52N4O5. The van der Waals surface area contributed by atoms with Crippen LogP contribution in [0.3, 0.4) is 0 Å². The average Bonchev–Trinajstić information content (AvgIpc) is 3.66. The van der Waals surface area contributed by atoms with Crippen molar-refractivity contribution >= 4 is 28.9 Å². The predicted molar refractivity (Wildman–Crippen MR) is 195 cm³/mol. The quantitative estimate of drug-likeness (QED) is 0.0661. The highest BCUT2D eigenvalue weighted by Gasteiger charge is 2.34. The molecule has 262 valence electrons. The van der Waals surface area contributed by atoms with Crippen LogP contribution in [-0.4, -0.2) is 47.1 Å². The van der Waals surface area contributed by atoms with E-state index in [4.69, 9.17) is 15.2 Å². The van der Waals surface area contributed by atoms with E-state index in [1.54, 1.807) is 12.1 Å². The molecule has 0 bridgehead atoms. The van der Waals surface area contributed by atoms with Gasteiger partial charge >= 0.3 is 0 Å². The highest BCUT2D eigenvalue weighted by Crippen LogP contribution is 2.39. The third kappa shape index (κ3) is 11.0. The summed E-state index contributed by atoms with van der Waals surface area (Å²) in [6, 6.07) is 23.4. The van der Waals surface area contributed by atoms with Gasteiger partial charge in [0.25, 0.3) is 0 Å². The van der Waals surface area contributed by atoms with Crippen molar-refractivity contribution in [3.05, 3.63) is 102 Å². The number of nitrogen functional groups attached to an aromatic ring is 1. The fraction of sp³-hybridized carbons (Fsp3) is 0.450. The molecule has 9 heteroatoms. The van der Waals surface area contributed by atoms with Crippen LogP contribution in [0.1, 0.15) is 99.7 Å². The van der Waals surface area contributed by atoms with Gasteiger partial charge in [-0.25, -0.2) is 0 Å². The maximum absolute atomic E-state index is 12.8. The first-order valence-electron chi connectivity index (χ1n) is 17.8. The summed E-state index contributed by atoms with van der Waals surface area (Å²) in [7, 11) is 0. The van der Waals surface area contributed by atoms with Gasteiger partial charge in [0.05, 0.1) is 30.2 Å². The fourth-order valence-electron chi connectivity index (χ4n) is 6.84. The number of carbonyl (C=O) groups is 2. The number of aliphatic hydroxyl groups excluding tert-OH is 1. The van der Waals surface area contributed by atoms with Gasteiger partial charge in [0.2, 0.25) is 11.8 Å². The van der Waals surface area contributed by atoms with Crippen LogP contribution in [0.2, 0.25) is 0 Å². The summed E-state index contributed by atoms with van der Waals surface area (Å²) in [5, 5.41) is 15.5. The number of hydrogen-bond acceptors (Lipinski definition) is 7. The van der Waals surface area contributed by atoms with Crippen LogP contribution in [0, 0.1) is 0 Å². The molecule has 2 amide bonds. The second kappa shape index (κ2) is 18.7. The molecule has 1 saturated heterocycles. The normalized spacial score (nSPS) is 19.5. The monoisotopic (exact) mass is 668 g/mol. The lowest BCUT2D eigenvalue weighted by atomic mass is 9.99. The van der Waals surface area contributed by atoms with Crippen LogP contribution in [-0.2, 0) is 25.7 Å². The lowest BCUT2D eigenvalue weighted by Gasteiger charge is -2.39. The Morgan fingerprint density at radius 2 is 1.59 bits per heavy atom. The van der Waals surface area contributed by atoms with Crippen molar-refractivity contribution < 1.29 is 24.2 Å². The summed E-state index contributed by atoms with van der Waals surface area (Å²) in [6.45, 7) is 5.64. The van der Waals surface area contributed by atoms with Crippen molar-refractivity contribution in [2.45, 2.75) is 102 Å². The number of nitrogens with one attached hydrogen (secondary N) is 2. The van der Waals surface area contributed by atoms with Gasteiger partial charge < -0.3 is 30.9 Å². The molecule has 0 aromatic heterocycles. The van der Waals surface area contributed by atoms with Crippen molar-refractivity contribution in [1.82, 2.24) is 4.90 Å². The highest BCUT2D eigenvalue weighted by atomic mass is 16.7. The van der Waals surface area contributed by atoms with Crippen LogP contribution in [0.5, 0.6) is 0 Å². The van der Waals surface area contributed by atoms with Crippen LogP contribution in [0.25, 0.3) is 0 Å². The summed E-state index contributed by atoms with van der Waals surface area (Å²) in [6.07, 6.45) is 10.9. The number of carbonyl (C=O) groups excluding carboxylic acids is 2. The number of benzene rings is 3. The van der Waals surface area contributed by atoms with Gasteiger partial charge in [0, 0.05) is 49.6 Å². The molecule has 3 aromatic carbocycles. The first-order chi connectivity index (χ1) is 23.9. The van der Waals surface area contributed by atoms with Crippen LogP contribution in [0.4, 0.5) is 17.1 Å². The van der Waals surface area contributed by atoms with Gasteiger partial charge in [-0.1, -0.05) is 80.3 Å². The molecule has 5 rings (SSSR count). The Labute approximate surface area is 290 Å². The topological polar surface area (TPSA) is 126 Å². The minimum atomic E-state index is -0.595. The van der Waals surface area contributed by atoms with E-state index in [2.05, 4.69) is 22.1 Å². The molecule has 5 N–H and O–H groups in total. The van der Waals surface area contributed by atoms with E-state index >= 15 is 0 Å². The summed E-state index contributed by atoms with van der Waals surface area (Å²) in [4.78, 5) is 27.6. The SMILES string of the molecule is C=CCN(C[C@@H]1C[C@H](c2ccc(CO)cc2)O[C@H](c2cccc(NC(=O)CCCCCCC(=O)Nc3ccccc3N)c2)O1)C1CCCC1. The Balaban J connectivity index is 1.14. The Morgan fingerprint density at radius 3 is 2.29 bits per heavy atom. The number of aliphatic hydroxyl groups is 1. The van der Waals surface area contributed by atoms with Gasteiger partial charge in [-0.05, 0) is 61.1 Å². The molecule has 2 fully saturated rings. The molecule has 1 aliphatic heterocycles. The zero-order valence-electron chi connectivity index (χ0n) is 28.5. The Kier molecular flexibility index (Phi) is 13.8. The molecule has 0 radical (unpaired) electrons. The van der Waals surface area contributed by atoms with Gasteiger partial charge in [-0.3, -0.25) is 14.5 Å². The molecule has 3 aromatic rings. The first kappa shape index (κ1) is 36.3. The largest absolute Gasteiger partial charge is 0.397 e. The van der Waals surface area contributed by atoms with E-state index in [0.717, 1.165) is 61.9 Å². The van der Waals surface area contributed by atoms with Gasteiger partial charge in [-0.2, -0.15) is 0 Å². The maximum Gasteiger partial charge on any atom is 0.224 e. The number of rotatable bonds is 17. The maximum atomic E-state index is 12.8. The molecule has 1 saturated carbocycles. The number of unbranched alkanes of at least 4 members (excludes halogenated alkanes) is 3. The zero-order chi connectivity index (χ0) is 34.4. The third-order valence-electron chi connectivity index (χ3n) is 9.49. The standard InChI is InChI=1S/C40H52N4O5/c1-2-24-44(33-14-7-8-15-33)27-34-26-37(30-22-20-29(28-45)21-23-30)49-40(48-34)31-12-11-13-32(25-31)42-38(46)18-5-3-4-6-19-39(47)43-36-17-10-9-16-35(36)41/h2,9-13,16-17,20-23,25,33-34,37,40,45H,1,3-8,14-15,18-19,24,26-28,41H2,(H,42,46)(H,43,47)/t34-,37+,40+/m0/s1. The first-order valence-corrected chi connectivity index (χ1v) is 17.8. The lowest BCUT2D eigenvalue weighted by molar-refractivity contribution is -0.253. The number of amides is 2. The molecule has 2 aliphatic rings. The second-order valence-corrected chi connectivity index (χ2v) is 13.3. The molecule has 0 unspecified atom stereocenters. The Morgan fingerprint density at radius 1 is 0.878 bits per heavy atom. The number of ether oxygens (including phenoxy) is 2. The van der Waals surface area contributed by atoms with Crippen molar-refractivity contribution in [2.24, 2.45) is 0 Å². The lowest BCUT2D eigenvalue weighted by Crippen LogP contribution is -2.43. The minimum Gasteiger partial charge on any atom is -0.397 e. The van der Waals surface area contributed by atoms with Gasteiger partial charge in [-0.15, -0.1) is 6.58 Å². The van der Waals surface area contributed by atoms with Crippen molar-refractivity contribution in [1.29, 1.82) is 0 Å². The third-order valence-corrected chi connectivity index (χ3v) is 9.49. The van der Waals surface area contributed by atoms with Crippen LogP contribution in [0.15, 0.2) is 85.5 Å². The van der Waals surface area contributed by atoms with E-state index in [-0.39, 0.29) is 30.6 Å². The smallest absolute Gasteiger partial charge is 0.224 e. The Hall–Kier alpha value is -4.02. The highest BCUT2D eigenvalue weighted by molar-refractivity contribution is 5.93. The molecular weight excluding hydrogens is 616 g/mol. The van der Waals surface area contributed by atoms with E-state index in [1.165, 1.54) is 25.7 Å². The summed E-state index contributed by atoms with van der Waals surface area (Å²) >= 11 is 0. The van der Waals surface area contributed by atoms with Gasteiger partial charge in [0.1, 0.15) is 0 Å². The molecule has 1 aliphatic carbocycles. The average molecular weight is 669 g/mol. The Bertz CT molecular complexity index is 1510. The van der Waals surface area contributed by atoms with E-state index in [0.29, 0.717) is 35.9 Å². The van der Waals surface area contributed by atoms with Crippen LogP contribution < -0.4 is 16.4 Å². The minimum absolute atomic E-state index is 0.000747. The number of nitrogens with two attached hydrogens (primary N) is 1. The van der Waals surface area contributed by atoms with Crippen molar-refractivity contribution in [3.63, 3.8) is 0 Å². The number of nitrogens with zero attached hydrogens (tertiary/aromatic N) is 1. The molecule has 1 heterocycles. The van der Waals surface area contributed by atoms with E-state index in [1.807, 2.05) is 66.7 Å². The van der Waals surface area contributed by atoms with Gasteiger partial charge in [0.15, 0.2) is 6.29 Å². The van der Waals surface area contributed by atoms with E-state index in [9.17, 15) is 14.7 Å². The number of hydrogen-bond donors (Lipinski definition) is 4. The molecule has 49 heavy (non-hydrogen) atoms. The fourth-order valence-corrected chi connectivity index (χ4v) is 6.84. The van der Waals surface area contributed by atoms with Crippen molar-refractivity contribution in [2.75, 3.05) is 29.5 Å².